The van der Waals surface area contributed by atoms with E-state index in [1.54, 1.807) is 4.57 Å². The van der Waals surface area contributed by atoms with Crippen LogP contribution in [0.25, 0.3) is 5.00 Å². The van der Waals surface area contributed by atoms with Crippen LogP contribution in [-0.2, 0) is 18.0 Å². The van der Waals surface area contributed by atoms with Crippen molar-refractivity contribution in [3.05, 3.63) is 40.4 Å². The van der Waals surface area contributed by atoms with Crippen LogP contribution in [0, 0.1) is 13.8 Å². The molecule has 0 amide bonds. The second kappa shape index (κ2) is 3.65. The lowest BCUT2D eigenvalue weighted by molar-refractivity contribution is 0.105. The normalized spacial score (nSPS) is 14.4. The SMILES string of the molecule is [CH]c1sc2c(c1Br)COCc1nnc([CH])n1-2. The van der Waals surface area contributed by atoms with Gasteiger partial charge in [-0.05, 0) is 15.9 Å². The molecule has 4 radical (unpaired) electrons. The van der Waals surface area contributed by atoms with E-state index in [1.165, 1.54) is 11.3 Å². The Balaban J connectivity index is 2.32. The van der Waals surface area contributed by atoms with Gasteiger partial charge in [0.05, 0.1) is 6.61 Å². The van der Waals surface area contributed by atoms with Crippen molar-refractivity contribution in [2.45, 2.75) is 13.2 Å². The van der Waals surface area contributed by atoms with E-state index in [9.17, 15) is 0 Å². The van der Waals surface area contributed by atoms with Crippen LogP contribution in [0.4, 0.5) is 0 Å². The highest BCUT2D eigenvalue weighted by Gasteiger charge is 2.23. The fourth-order valence-corrected chi connectivity index (χ4v) is 3.32. The molecule has 4 nitrogen and oxygen atoms in total. The van der Waals surface area contributed by atoms with Crippen molar-refractivity contribution in [2.24, 2.45) is 0 Å². The minimum atomic E-state index is 0.357. The van der Waals surface area contributed by atoms with Crippen LogP contribution in [0.5, 0.6) is 0 Å². The molecule has 0 aromatic carbocycles. The Labute approximate surface area is 105 Å². The third-order valence-corrected chi connectivity index (χ3v) is 4.60. The van der Waals surface area contributed by atoms with Crippen LogP contribution in [0.2, 0.25) is 0 Å². The van der Waals surface area contributed by atoms with E-state index >= 15 is 0 Å². The van der Waals surface area contributed by atoms with Gasteiger partial charge in [-0.1, -0.05) is 0 Å². The third-order valence-electron chi connectivity index (χ3n) is 2.38. The maximum Gasteiger partial charge on any atom is 0.164 e. The van der Waals surface area contributed by atoms with Gasteiger partial charge in [0.2, 0.25) is 0 Å². The van der Waals surface area contributed by atoms with E-state index in [1.807, 2.05) is 0 Å². The summed E-state index contributed by atoms with van der Waals surface area (Å²) in [5, 5.41) is 8.74. The molecule has 0 aliphatic carbocycles. The molecule has 0 saturated heterocycles. The Morgan fingerprint density at radius 1 is 1.31 bits per heavy atom. The number of thiophene rings is 1. The smallest absolute Gasteiger partial charge is 0.164 e. The van der Waals surface area contributed by atoms with Crippen LogP contribution in [0.3, 0.4) is 0 Å². The van der Waals surface area contributed by atoms with Gasteiger partial charge < -0.3 is 4.74 Å². The number of fused-ring (bicyclic) bond motifs is 3. The molecule has 3 heterocycles. The molecule has 16 heavy (non-hydrogen) atoms. The van der Waals surface area contributed by atoms with E-state index in [2.05, 4.69) is 26.1 Å². The molecule has 1 aliphatic rings. The van der Waals surface area contributed by atoms with E-state index in [4.69, 9.17) is 18.6 Å². The lowest BCUT2D eigenvalue weighted by Gasteiger charge is -2.02. The van der Waals surface area contributed by atoms with E-state index in [-0.39, 0.29) is 0 Å². The summed E-state index contributed by atoms with van der Waals surface area (Å²) in [7, 11) is 0. The van der Waals surface area contributed by atoms with Gasteiger partial charge in [0, 0.05) is 28.8 Å². The number of nitrogens with zero attached hydrogens (tertiary/aromatic N) is 3. The topological polar surface area (TPSA) is 39.9 Å². The molecular weight excluding hydrogens is 290 g/mol. The van der Waals surface area contributed by atoms with Crippen LogP contribution in [-0.4, -0.2) is 14.8 Å². The summed E-state index contributed by atoms with van der Waals surface area (Å²) in [6, 6.07) is 0. The van der Waals surface area contributed by atoms with Crippen molar-refractivity contribution < 1.29 is 4.74 Å². The van der Waals surface area contributed by atoms with Crippen LogP contribution in [0.1, 0.15) is 22.1 Å². The molecule has 0 bridgehead atoms. The van der Waals surface area contributed by atoms with Crippen molar-refractivity contribution in [1.82, 2.24) is 14.8 Å². The van der Waals surface area contributed by atoms with Crippen LogP contribution in [0.15, 0.2) is 4.47 Å². The van der Waals surface area contributed by atoms with Gasteiger partial charge in [0.1, 0.15) is 17.4 Å². The number of rotatable bonds is 0. The molecule has 0 spiro atoms. The summed E-state index contributed by atoms with van der Waals surface area (Å²) in [4.78, 5) is 0.703. The van der Waals surface area contributed by atoms with Crippen LogP contribution < -0.4 is 0 Å². The predicted molar refractivity (Wildman–Crippen MR) is 62.2 cm³/mol. The van der Waals surface area contributed by atoms with Crippen molar-refractivity contribution in [3.8, 4) is 5.00 Å². The molecule has 3 rings (SSSR count). The van der Waals surface area contributed by atoms with Gasteiger partial charge in [0.15, 0.2) is 5.82 Å². The summed E-state index contributed by atoms with van der Waals surface area (Å²) in [6.07, 6.45) is 0. The number of hydrogen-bond acceptors (Lipinski definition) is 4. The highest BCUT2D eigenvalue weighted by molar-refractivity contribution is 9.10. The molecule has 0 unspecified atom stereocenters. The van der Waals surface area contributed by atoms with Gasteiger partial charge in [-0.3, -0.25) is 4.57 Å². The highest BCUT2D eigenvalue weighted by Crippen LogP contribution is 2.38. The van der Waals surface area contributed by atoms with Gasteiger partial charge in [-0.2, -0.15) is 0 Å². The number of halogens is 1. The zero-order valence-electron chi connectivity index (χ0n) is 8.11. The molecule has 0 N–H and O–H groups in total. The van der Waals surface area contributed by atoms with Gasteiger partial charge in [-0.15, -0.1) is 21.5 Å². The molecule has 6 heteroatoms. The molecule has 80 valence electrons. The summed E-state index contributed by atoms with van der Waals surface area (Å²) in [6.45, 7) is 12.6. The fraction of sp³-hybridized carbons (Fsp3) is 0.200. The minimum absolute atomic E-state index is 0.357. The summed E-state index contributed by atoms with van der Waals surface area (Å²) < 4.78 is 8.15. The molecule has 0 saturated carbocycles. The van der Waals surface area contributed by atoms with Gasteiger partial charge in [0.25, 0.3) is 0 Å². The van der Waals surface area contributed by atoms with Crippen molar-refractivity contribution in [2.75, 3.05) is 0 Å². The molecule has 1 aliphatic heterocycles. The average molecular weight is 296 g/mol. The lowest BCUT2D eigenvalue weighted by atomic mass is 10.3. The van der Waals surface area contributed by atoms with Crippen LogP contribution >= 0.6 is 27.3 Å². The fourth-order valence-electron chi connectivity index (χ4n) is 1.65. The predicted octanol–water partition coefficient (Wildman–Crippen LogP) is 2.24. The zero-order valence-corrected chi connectivity index (χ0v) is 10.5. The molecule has 2 aromatic rings. The summed E-state index contributed by atoms with van der Waals surface area (Å²) >= 11 is 4.89. The van der Waals surface area contributed by atoms with Gasteiger partial charge >= 0.3 is 0 Å². The second-order valence-corrected chi connectivity index (χ2v) is 5.19. The summed E-state index contributed by atoms with van der Waals surface area (Å²) in [5.74, 6) is 1.06. The van der Waals surface area contributed by atoms with Crippen molar-refractivity contribution in [1.29, 1.82) is 0 Å². The molecule has 0 atom stereocenters. The number of ether oxygens (including phenoxy) is 1. The lowest BCUT2D eigenvalue weighted by Crippen LogP contribution is -2.00. The second-order valence-electron chi connectivity index (χ2n) is 3.37. The largest absolute Gasteiger partial charge is 0.369 e. The first kappa shape index (κ1) is 10.4. The van der Waals surface area contributed by atoms with E-state index in [0.29, 0.717) is 29.7 Å². The Morgan fingerprint density at radius 3 is 2.94 bits per heavy atom. The van der Waals surface area contributed by atoms with E-state index < -0.39 is 0 Å². The van der Waals surface area contributed by atoms with Crippen molar-refractivity contribution in [3.63, 3.8) is 0 Å². The average Bonchev–Trinajstić information content (AvgIpc) is 2.67. The highest BCUT2D eigenvalue weighted by atomic mass is 79.9. The maximum atomic E-state index is 5.87. The standard InChI is InChI=1S/C10H6BrN3OS/c1-5-9(11)7-3-15-4-8-13-12-6(2)14(8)10(7)16-5/h1-2H,3-4H2. The third kappa shape index (κ3) is 1.37. The quantitative estimate of drug-likeness (QED) is 0.748. The summed E-state index contributed by atoms with van der Waals surface area (Å²) in [5.41, 5.74) is 0.993. The Hall–Kier alpha value is -0.720. The number of aromatic nitrogens is 3. The van der Waals surface area contributed by atoms with Gasteiger partial charge in [-0.25, -0.2) is 0 Å². The minimum Gasteiger partial charge on any atom is -0.369 e. The first-order chi connectivity index (χ1) is 7.68. The van der Waals surface area contributed by atoms with E-state index in [0.717, 1.165) is 15.0 Å². The molecule has 0 fully saturated rings. The van der Waals surface area contributed by atoms with Crippen molar-refractivity contribution >= 4 is 27.3 Å². The first-order valence-electron chi connectivity index (χ1n) is 4.53. The maximum absolute atomic E-state index is 5.87. The monoisotopic (exact) mass is 295 g/mol. The Kier molecular flexibility index (Phi) is 2.38. The zero-order chi connectivity index (χ0) is 11.3. The number of hydrogen-bond donors (Lipinski definition) is 0. The first-order valence-corrected chi connectivity index (χ1v) is 6.14. The Morgan fingerprint density at radius 2 is 2.12 bits per heavy atom. The Bertz CT molecular complexity index is 561. The molecular formula is C10H6BrN3OS. The molecule has 2 aromatic heterocycles.